The molecule has 0 unspecified atom stereocenters. The number of phenols is 1. The summed E-state index contributed by atoms with van der Waals surface area (Å²) in [5.41, 5.74) is 6.12. The van der Waals surface area contributed by atoms with Crippen molar-refractivity contribution >= 4 is 27.3 Å². The molecule has 0 atom stereocenters. The average Bonchev–Trinajstić information content (AvgIpc) is 3.40. The summed E-state index contributed by atoms with van der Waals surface area (Å²) in [4.78, 5) is 0. The fourth-order valence-electron chi connectivity index (χ4n) is 4.74. The summed E-state index contributed by atoms with van der Waals surface area (Å²) in [5, 5.41) is 12.2. The molecule has 6 rings (SSSR count). The van der Waals surface area contributed by atoms with Crippen LogP contribution in [0.4, 0.5) is 0 Å². The molecule has 6 aromatic rings. The molecule has 156 valence electrons. The van der Waals surface area contributed by atoms with Gasteiger partial charge in [0.15, 0.2) is 5.52 Å². The molecular weight excluding hydrogens is 394 g/mol. The number of hydrogen-bond acceptors (Lipinski definition) is 1. The number of phenolic OH excluding ortho intramolecular Hbond substituents is 1. The Bertz CT molecular complexity index is 1540. The van der Waals surface area contributed by atoms with Gasteiger partial charge in [-0.3, -0.25) is 0 Å². The van der Waals surface area contributed by atoms with Crippen LogP contribution in [-0.4, -0.2) is 14.2 Å². The van der Waals surface area contributed by atoms with Crippen molar-refractivity contribution in [3.8, 4) is 11.4 Å². The molecule has 3 aromatic heterocycles. The largest absolute Gasteiger partial charge is 0.508 e. The number of fused-ring (bicyclic) bond motifs is 5. The van der Waals surface area contributed by atoms with E-state index in [0.29, 0.717) is 0 Å². The van der Waals surface area contributed by atoms with Gasteiger partial charge in [0.05, 0.1) is 6.20 Å². The molecule has 4 heteroatoms. The third-order valence-electron chi connectivity index (χ3n) is 6.28. The van der Waals surface area contributed by atoms with Gasteiger partial charge < -0.3 is 9.67 Å². The minimum absolute atomic E-state index is 0.277. The fraction of sp³-hybridized carbons (Fsp3) is 0.107. The smallest absolute Gasteiger partial charge is 0.254 e. The Kier molecular flexibility index (Phi) is 4.43. The summed E-state index contributed by atoms with van der Waals surface area (Å²) >= 11 is 0. The van der Waals surface area contributed by atoms with E-state index in [-0.39, 0.29) is 5.75 Å². The summed E-state index contributed by atoms with van der Waals surface area (Å²) < 4.78 is 6.77. The van der Waals surface area contributed by atoms with Crippen LogP contribution in [0.1, 0.15) is 12.0 Å². The van der Waals surface area contributed by atoms with Gasteiger partial charge in [0.25, 0.3) is 6.33 Å². The van der Waals surface area contributed by atoms with Crippen LogP contribution < -0.4 is 4.40 Å². The second-order valence-corrected chi connectivity index (χ2v) is 8.30. The van der Waals surface area contributed by atoms with Crippen molar-refractivity contribution in [1.29, 1.82) is 0 Å². The maximum Gasteiger partial charge on any atom is 0.254 e. The average molecular weight is 419 g/mol. The van der Waals surface area contributed by atoms with E-state index in [1.165, 1.54) is 32.9 Å². The number of hydrogen-bond donors (Lipinski definition) is 1. The molecule has 0 aliphatic heterocycles. The molecule has 4 nitrogen and oxygen atoms in total. The second kappa shape index (κ2) is 7.57. The van der Waals surface area contributed by atoms with E-state index in [0.717, 1.165) is 25.1 Å². The van der Waals surface area contributed by atoms with Crippen LogP contribution in [0, 0.1) is 0 Å². The first-order chi connectivity index (χ1) is 15.8. The third-order valence-corrected chi connectivity index (χ3v) is 6.28. The highest BCUT2D eigenvalue weighted by Crippen LogP contribution is 2.31. The van der Waals surface area contributed by atoms with Crippen LogP contribution in [0.3, 0.4) is 0 Å². The predicted octanol–water partition coefficient (Wildman–Crippen LogP) is 5.66. The Balaban J connectivity index is 1.49. The summed E-state index contributed by atoms with van der Waals surface area (Å²) in [6, 6.07) is 28.9. The SMILES string of the molecule is Oc1ccc(-n2cc3c4c(cc[n+]3c2)c2ccccc2n4CCCc2ccccc2)cc1. The van der Waals surface area contributed by atoms with E-state index in [4.69, 9.17) is 0 Å². The minimum Gasteiger partial charge on any atom is -0.508 e. The van der Waals surface area contributed by atoms with Crippen molar-refractivity contribution in [2.24, 2.45) is 0 Å². The lowest BCUT2D eigenvalue weighted by Gasteiger charge is -2.07. The third kappa shape index (κ3) is 3.12. The lowest BCUT2D eigenvalue weighted by atomic mass is 10.1. The second-order valence-electron chi connectivity index (χ2n) is 8.30. The molecule has 3 aromatic carbocycles. The maximum atomic E-state index is 9.65. The quantitative estimate of drug-likeness (QED) is 0.360. The number of aromatic hydroxyl groups is 1. The minimum atomic E-state index is 0.277. The van der Waals surface area contributed by atoms with E-state index in [1.807, 2.05) is 12.1 Å². The summed E-state index contributed by atoms with van der Waals surface area (Å²) in [6.45, 7) is 0.961. The van der Waals surface area contributed by atoms with E-state index < -0.39 is 0 Å². The number of pyridine rings is 1. The summed E-state index contributed by atoms with van der Waals surface area (Å²) in [6.07, 6.45) is 8.55. The Morgan fingerprint density at radius 3 is 2.41 bits per heavy atom. The fourth-order valence-corrected chi connectivity index (χ4v) is 4.74. The van der Waals surface area contributed by atoms with Crippen LogP contribution in [0.5, 0.6) is 5.75 Å². The normalized spacial score (nSPS) is 11.6. The number of benzene rings is 3. The molecule has 1 N–H and O–H groups in total. The van der Waals surface area contributed by atoms with E-state index >= 15 is 0 Å². The van der Waals surface area contributed by atoms with E-state index in [1.54, 1.807) is 12.1 Å². The van der Waals surface area contributed by atoms with Crippen molar-refractivity contribution in [2.75, 3.05) is 0 Å². The monoisotopic (exact) mass is 418 g/mol. The van der Waals surface area contributed by atoms with Crippen molar-refractivity contribution in [2.45, 2.75) is 19.4 Å². The van der Waals surface area contributed by atoms with Crippen LogP contribution in [0.15, 0.2) is 104 Å². The number of nitrogens with zero attached hydrogens (tertiary/aromatic N) is 3. The molecule has 0 saturated carbocycles. The molecule has 0 aliphatic carbocycles. The van der Waals surface area contributed by atoms with Gasteiger partial charge in [0, 0.05) is 22.8 Å². The van der Waals surface area contributed by atoms with E-state index in [2.05, 4.69) is 92.9 Å². The topological polar surface area (TPSA) is 34.2 Å². The maximum absolute atomic E-state index is 9.65. The number of imidazole rings is 1. The van der Waals surface area contributed by atoms with Crippen molar-refractivity contribution in [3.05, 3.63) is 109 Å². The Labute approximate surface area is 186 Å². The Morgan fingerprint density at radius 1 is 0.781 bits per heavy atom. The zero-order valence-electron chi connectivity index (χ0n) is 17.7. The van der Waals surface area contributed by atoms with Gasteiger partial charge in [-0.15, -0.1) is 0 Å². The molecule has 0 saturated heterocycles. The molecule has 0 aliphatic rings. The number of aromatic nitrogens is 3. The lowest BCUT2D eigenvalue weighted by molar-refractivity contribution is -0.510. The van der Waals surface area contributed by atoms with Crippen molar-refractivity contribution in [1.82, 2.24) is 9.13 Å². The molecule has 0 spiro atoms. The van der Waals surface area contributed by atoms with Gasteiger partial charge in [-0.1, -0.05) is 48.5 Å². The van der Waals surface area contributed by atoms with E-state index in [9.17, 15) is 5.11 Å². The van der Waals surface area contributed by atoms with Crippen molar-refractivity contribution in [3.63, 3.8) is 0 Å². The Hall–Kier alpha value is -4.05. The molecule has 0 amide bonds. The van der Waals surface area contributed by atoms with Crippen LogP contribution in [0.2, 0.25) is 0 Å². The first kappa shape index (κ1) is 18.7. The highest BCUT2D eigenvalue weighted by molar-refractivity contribution is 6.11. The first-order valence-electron chi connectivity index (χ1n) is 11.0. The molecule has 0 radical (unpaired) electrons. The lowest BCUT2D eigenvalue weighted by Crippen LogP contribution is -2.18. The van der Waals surface area contributed by atoms with Gasteiger partial charge in [0.2, 0.25) is 0 Å². The molecule has 32 heavy (non-hydrogen) atoms. The highest BCUT2D eigenvalue weighted by atomic mass is 16.3. The van der Waals surface area contributed by atoms with Gasteiger partial charge in [-0.25, -0.2) is 8.97 Å². The Morgan fingerprint density at radius 2 is 1.56 bits per heavy atom. The summed E-state index contributed by atoms with van der Waals surface area (Å²) in [5.74, 6) is 0.277. The molecule has 0 fully saturated rings. The standard InChI is InChI=1S/C28H23N3O/c32-23-14-12-22(13-15-23)30-19-27-28-25(16-18-29(27)20-30)24-10-4-5-11-26(24)31(28)17-6-9-21-7-2-1-3-8-21/h1-5,7-8,10-16,18-20H,6,9,17H2/p+1. The molecular formula is C28H24N3O+. The van der Waals surface area contributed by atoms with Gasteiger partial charge in [-0.05, 0) is 54.8 Å². The van der Waals surface area contributed by atoms with Crippen LogP contribution in [0.25, 0.3) is 33.0 Å². The molecule has 3 heterocycles. The van der Waals surface area contributed by atoms with Gasteiger partial charge >= 0.3 is 0 Å². The highest BCUT2D eigenvalue weighted by Gasteiger charge is 2.18. The number of para-hydroxylation sites is 1. The number of aryl methyl sites for hydroxylation is 2. The van der Waals surface area contributed by atoms with Gasteiger partial charge in [0.1, 0.15) is 23.2 Å². The molecule has 0 bridgehead atoms. The predicted molar refractivity (Wildman–Crippen MR) is 128 cm³/mol. The van der Waals surface area contributed by atoms with Crippen LogP contribution in [-0.2, 0) is 13.0 Å². The van der Waals surface area contributed by atoms with Crippen molar-refractivity contribution < 1.29 is 9.51 Å². The zero-order chi connectivity index (χ0) is 21.5. The first-order valence-corrected chi connectivity index (χ1v) is 11.0. The summed E-state index contributed by atoms with van der Waals surface area (Å²) in [7, 11) is 0. The van der Waals surface area contributed by atoms with Gasteiger partial charge in [-0.2, -0.15) is 0 Å². The van der Waals surface area contributed by atoms with Crippen LogP contribution >= 0.6 is 0 Å². The zero-order valence-corrected chi connectivity index (χ0v) is 17.7. The number of rotatable bonds is 5.